The summed E-state index contributed by atoms with van der Waals surface area (Å²) in [6.45, 7) is 0. The SMILES string of the molecule is CS(=O)(=O)c1ccc(CC(=O)Nc2ccccc2)cc1. The average molecular weight is 289 g/mol. The van der Waals surface area contributed by atoms with E-state index in [9.17, 15) is 13.2 Å². The number of sulfone groups is 1. The third-order valence-electron chi connectivity index (χ3n) is 2.77. The minimum Gasteiger partial charge on any atom is -0.326 e. The zero-order chi connectivity index (χ0) is 14.6. The molecule has 1 amide bonds. The molecule has 4 nitrogen and oxygen atoms in total. The molecule has 2 aromatic rings. The number of amides is 1. The van der Waals surface area contributed by atoms with Crippen LogP contribution in [0.2, 0.25) is 0 Å². The molecule has 2 aromatic carbocycles. The maximum absolute atomic E-state index is 11.8. The molecule has 5 heteroatoms. The van der Waals surface area contributed by atoms with Gasteiger partial charge in [0, 0.05) is 11.9 Å². The summed E-state index contributed by atoms with van der Waals surface area (Å²) >= 11 is 0. The Morgan fingerprint density at radius 2 is 1.60 bits per heavy atom. The molecular formula is C15H15NO3S. The maximum Gasteiger partial charge on any atom is 0.228 e. The lowest BCUT2D eigenvalue weighted by atomic mass is 10.1. The first kappa shape index (κ1) is 14.3. The van der Waals surface area contributed by atoms with E-state index in [0.29, 0.717) is 0 Å². The van der Waals surface area contributed by atoms with Crippen LogP contribution in [0.15, 0.2) is 59.5 Å². The number of carbonyl (C=O) groups excluding carboxylic acids is 1. The van der Waals surface area contributed by atoms with Gasteiger partial charge in [-0.05, 0) is 29.8 Å². The van der Waals surface area contributed by atoms with Gasteiger partial charge in [-0.15, -0.1) is 0 Å². The van der Waals surface area contributed by atoms with Crippen LogP contribution in [0.5, 0.6) is 0 Å². The second-order valence-electron chi connectivity index (χ2n) is 4.51. The molecular weight excluding hydrogens is 274 g/mol. The van der Waals surface area contributed by atoms with E-state index in [0.717, 1.165) is 17.5 Å². The van der Waals surface area contributed by atoms with E-state index in [4.69, 9.17) is 0 Å². The van der Waals surface area contributed by atoms with Crippen LogP contribution in [0.25, 0.3) is 0 Å². The summed E-state index contributed by atoms with van der Waals surface area (Å²) in [7, 11) is -3.20. The van der Waals surface area contributed by atoms with Crippen LogP contribution >= 0.6 is 0 Å². The van der Waals surface area contributed by atoms with Crippen LogP contribution in [0.1, 0.15) is 5.56 Å². The molecule has 20 heavy (non-hydrogen) atoms. The van der Waals surface area contributed by atoms with E-state index in [-0.39, 0.29) is 17.2 Å². The number of hydrogen-bond acceptors (Lipinski definition) is 3. The topological polar surface area (TPSA) is 63.2 Å². The van der Waals surface area contributed by atoms with Gasteiger partial charge in [0.2, 0.25) is 5.91 Å². The lowest BCUT2D eigenvalue weighted by molar-refractivity contribution is -0.115. The van der Waals surface area contributed by atoms with Crippen LogP contribution in [0.3, 0.4) is 0 Å². The van der Waals surface area contributed by atoms with Crippen LogP contribution in [-0.4, -0.2) is 20.6 Å². The number of rotatable bonds is 4. The molecule has 0 aliphatic carbocycles. The second kappa shape index (κ2) is 5.88. The summed E-state index contributed by atoms with van der Waals surface area (Å²) in [5, 5.41) is 2.78. The number of benzene rings is 2. The molecule has 0 aromatic heterocycles. The fraction of sp³-hybridized carbons (Fsp3) is 0.133. The van der Waals surface area contributed by atoms with Crippen molar-refractivity contribution in [3.63, 3.8) is 0 Å². The summed E-state index contributed by atoms with van der Waals surface area (Å²) in [6.07, 6.45) is 1.36. The number of carbonyl (C=O) groups is 1. The van der Waals surface area contributed by atoms with Crippen molar-refractivity contribution in [3.05, 3.63) is 60.2 Å². The molecule has 0 radical (unpaired) electrons. The monoisotopic (exact) mass is 289 g/mol. The van der Waals surface area contributed by atoms with Crippen molar-refractivity contribution in [2.24, 2.45) is 0 Å². The smallest absolute Gasteiger partial charge is 0.228 e. The Balaban J connectivity index is 2.02. The summed E-state index contributed by atoms with van der Waals surface area (Å²) in [5.41, 5.74) is 1.51. The van der Waals surface area contributed by atoms with Gasteiger partial charge in [0.25, 0.3) is 0 Å². The summed E-state index contributed by atoms with van der Waals surface area (Å²) in [5.74, 6) is -0.136. The Bertz CT molecular complexity index is 692. The zero-order valence-corrected chi connectivity index (χ0v) is 11.9. The molecule has 0 unspecified atom stereocenters. The Hall–Kier alpha value is -2.14. The molecule has 1 N–H and O–H groups in total. The Labute approximate surface area is 118 Å². The quantitative estimate of drug-likeness (QED) is 0.939. The predicted octanol–water partition coefficient (Wildman–Crippen LogP) is 2.27. The summed E-state index contributed by atoms with van der Waals surface area (Å²) in [6, 6.07) is 15.5. The molecule has 0 heterocycles. The van der Waals surface area contributed by atoms with Gasteiger partial charge in [-0.2, -0.15) is 0 Å². The maximum atomic E-state index is 11.8. The van der Waals surface area contributed by atoms with Gasteiger partial charge in [-0.1, -0.05) is 30.3 Å². The van der Waals surface area contributed by atoms with Crippen molar-refractivity contribution in [3.8, 4) is 0 Å². The molecule has 0 aliphatic heterocycles. The van der Waals surface area contributed by atoms with Crippen LogP contribution in [0, 0.1) is 0 Å². The van der Waals surface area contributed by atoms with Crippen molar-refractivity contribution in [1.29, 1.82) is 0 Å². The van der Waals surface area contributed by atoms with E-state index >= 15 is 0 Å². The summed E-state index contributed by atoms with van der Waals surface area (Å²) < 4.78 is 22.7. The molecule has 0 saturated heterocycles. The Morgan fingerprint density at radius 3 is 2.15 bits per heavy atom. The highest BCUT2D eigenvalue weighted by Crippen LogP contribution is 2.12. The molecule has 2 rings (SSSR count). The average Bonchev–Trinajstić information content (AvgIpc) is 2.39. The second-order valence-corrected chi connectivity index (χ2v) is 6.52. The van der Waals surface area contributed by atoms with Gasteiger partial charge >= 0.3 is 0 Å². The molecule has 0 atom stereocenters. The fourth-order valence-electron chi connectivity index (χ4n) is 1.77. The molecule has 0 saturated carbocycles. The van der Waals surface area contributed by atoms with Gasteiger partial charge in [0.15, 0.2) is 9.84 Å². The van der Waals surface area contributed by atoms with Crippen molar-refractivity contribution in [2.45, 2.75) is 11.3 Å². The standard InChI is InChI=1S/C15H15NO3S/c1-20(18,19)14-9-7-12(8-10-14)11-15(17)16-13-5-3-2-4-6-13/h2-10H,11H2,1H3,(H,16,17). The van der Waals surface area contributed by atoms with Crippen LogP contribution in [0.4, 0.5) is 5.69 Å². The Morgan fingerprint density at radius 1 is 1.00 bits per heavy atom. The number of nitrogens with one attached hydrogen (secondary N) is 1. The highest BCUT2D eigenvalue weighted by molar-refractivity contribution is 7.90. The van der Waals surface area contributed by atoms with Gasteiger partial charge in [-0.25, -0.2) is 8.42 Å². The zero-order valence-electron chi connectivity index (χ0n) is 11.0. The Kier molecular flexibility index (Phi) is 4.20. The molecule has 0 bridgehead atoms. The minimum absolute atomic E-state index is 0.136. The van der Waals surface area contributed by atoms with Crippen molar-refractivity contribution < 1.29 is 13.2 Å². The highest BCUT2D eigenvalue weighted by atomic mass is 32.2. The molecule has 104 valence electrons. The fourth-order valence-corrected chi connectivity index (χ4v) is 2.40. The van der Waals surface area contributed by atoms with E-state index in [1.165, 1.54) is 12.1 Å². The molecule has 0 aliphatic rings. The number of anilines is 1. The van der Waals surface area contributed by atoms with Crippen LogP contribution < -0.4 is 5.32 Å². The first-order chi connectivity index (χ1) is 9.45. The molecule has 0 spiro atoms. The van der Waals surface area contributed by atoms with E-state index in [1.54, 1.807) is 12.1 Å². The first-order valence-corrected chi connectivity index (χ1v) is 7.98. The first-order valence-electron chi connectivity index (χ1n) is 6.09. The largest absolute Gasteiger partial charge is 0.326 e. The van der Waals surface area contributed by atoms with Gasteiger partial charge in [0.05, 0.1) is 11.3 Å². The summed E-state index contributed by atoms with van der Waals surface area (Å²) in [4.78, 5) is 12.1. The van der Waals surface area contributed by atoms with Crippen molar-refractivity contribution in [2.75, 3.05) is 11.6 Å². The van der Waals surface area contributed by atoms with Crippen molar-refractivity contribution in [1.82, 2.24) is 0 Å². The number of para-hydroxylation sites is 1. The van der Waals surface area contributed by atoms with Gasteiger partial charge < -0.3 is 5.32 Å². The lowest BCUT2D eigenvalue weighted by Gasteiger charge is -2.05. The third-order valence-corrected chi connectivity index (χ3v) is 3.90. The normalized spacial score (nSPS) is 11.1. The van der Waals surface area contributed by atoms with E-state index < -0.39 is 9.84 Å². The van der Waals surface area contributed by atoms with Crippen LogP contribution in [-0.2, 0) is 21.1 Å². The lowest BCUT2D eigenvalue weighted by Crippen LogP contribution is -2.14. The number of hydrogen-bond donors (Lipinski definition) is 1. The third kappa shape index (κ3) is 3.93. The van der Waals surface area contributed by atoms with Gasteiger partial charge in [0.1, 0.15) is 0 Å². The minimum atomic E-state index is -3.20. The highest BCUT2D eigenvalue weighted by Gasteiger charge is 2.08. The van der Waals surface area contributed by atoms with E-state index in [2.05, 4.69) is 5.32 Å². The van der Waals surface area contributed by atoms with Gasteiger partial charge in [-0.3, -0.25) is 4.79 Å². The van der Waals surface area contributed by atoms with Crippen molar-refractivity contribution >= 4 is 21.4 Å². The van der Waals surface area contributed by atoms with E-state index in [1.807, 2.05) is 30.3 Å². The predicted molar refractivity (Wildman–Crippen MR) is 78.3 cm³/mol. The molecule has 0 fully saturated rings.